The highest BCUT2D eigenvalue weighted by atomic mass is 14.5. The van der Waals surface area contributed by atoms with Crippen LogP contribution in [0.25, 0.3) is 0 Å². The largest absolute Gasteiger partial charge is 0.399 e. The number of hydrogen-bond acceptors (Lipinski definition) is 3. The van der Waals surface area contributed by atoms with Gasteiger partial charge in [0.15, 0.2) is 0 Å². The highest BCUT2D eigenvalue weighted by Crippen LogP contribution is 1.95. The first-order valence-corrected chi connectivity index (χ1v) is 2.20. The quantitative estimate of drug-likeness (QED) is 0.462. The zero-order valence-corrected chi connectivity index (χ0v) is 5.38. The molecule has 1 rings (SSSR count). The molecular formula is C6H13N3. The Morgan fingerprint density at radius 1 is 0.889 bits per heavy atom. The molecule has 0 aliphatic carbocycles. The molecule has 0 aliphatic heterocycles. The van der Waals surface area contributed by atoms with Crippen molar-refractivity contribution < 1.29 is 0 Å². The fourth-order valence-electron chi connectivity index (χ4n) is 0.453. The van der Waals surface area contributed by atoms with Gasteiger partial charge in [0.25, 0.3) is 0 Å². The van der Waals surface area contributed by atoms with E-state index in [2.05, 4.69) is 0 Å². The van der Waals surface area contributed by atoms with Crippen molar-refractivity contribution in [3.05, 3.63) is 30.3 Å². The third kappa shape index (κ3) is 3.52. The maximum Gasteiger partial charge on any atom is 0.0313 e. The van der Waals surface area contributed by atoms with Gasteiger partial charge in [-0.05, 0) is 12.1 Å². The summed E-state index contributed by atoms with van der Waals surface area (Å²) in [6, 6.07) is 9.49. The van der Waals surface area contributed by atoms with Gasteiger partial charge in [-0.1, -0.05) is 18.2 Å². The number of benzene rings is 1. The summed E-state index contributed by atoms with van der Waals surface area (Å²) in [6.45, 7) is 0. The average molecular weight is 127 g/mol. The summed E-state index contributed by atoms with van der Waals surface area (Å²) in [5, 5.41) is 0. The summed E-state index contributed by atoms with van der Waals surface area (Å²) >= 11 is 0. The molecule has 0 amide bonds. The Bertz CT molecular complexity index is 138. The van der Waals surface area contributed by atoms with Crippen molar-refractivity contribution >= 4 is 5.69 Å². The molecule has 9 heavy (non-hydrogen) atoms. The smallest absolute Gasteiger partial charge is 0.0313 e. The van der Waals surface area contributed by atoms with Crippen molar-refractivity contribution in [3.63, 3.8) is 0 Å². The second-order valence-corrected chi connectivity index (χ2v) is 1.41. The summed E-state index contributed by atoms with van der Waals surface area (Å²) in [5.74, 6) is 0. The van der Waals surface area contributed by atoms with E-state index in [9.17, 15) is 0 Å². The van der Waals surface area contributed by atoms with Crippen LogP contribution in [0.15, 0.2) is 30.3 Å². The normalized spacial score (nSPS) is 6.67. The summed E-state index contributed by atoms with van der Waals surface area (Å²) in [7, 11) is 0. The lowest BCUT2D eigenvalue weighted by Crippen LogP contribution is -1.79. The van der Waals surface area contributed by atoms with Gasteiger partial charge in [0.2, 0.25) is 0 Å². The molecule has 1 aromatic rings. The van der Waals surface area contributed by atoms with Crippen molar-refractivity contribution in [2.75, 3.05) is 5.73 Å². The predicted molar refractivity (Wildman–Crippen MR) is 40.9 cm³/mol. The monoisotopic (exact) mass is 127 g/mol. The van der Waals surface area contributed by atoms with Gasteiger partial charge in [-0.15, -0.1) is 0 Å². The van der Waals surface area contributed by atoms with Crippen LogP contribution in [0.2, 0.25) is 0 Å². The van der Waals surface area contributed by atoms with Gasteiger partial charge >= 0.3 is 0 Å². The fraction of sp³-hybridized carbons (Fsp3) is 0. The lowest BCUT2D eigenvalue weighted by Gasteiger charge is -1.83. The molecule has 0 heterocycles. The summed E-state index contributed by atoms with van der Waals surface area (Å²) < 4.78 is 0. The minimum absolute atomic E-state index is 0. The second kappa shape index (κ2) is 5.08. The Kier molecular flexibility index (Phi) is 6.12. The van der Waals surface area contributed by atoms with E-state index < -0.39 is 0 Å². The molecule has 0 bridgehead atoms. The molecule has 0 radical (unpaired) electrons. The number of nitrogens with two attached hydrogens (primary N) is 1. The Morgan fingerprint density at radius 3 is 1.56 bits per heavy atom. The molecule has 0 aliphatic rings. The van der Waals surface area contributed by atoms with Crippen molar-refractivity contribution in [3.8, 4) is 0 Å². The lowest BCUT2D eigenvalue weighted by molar-refractivity contribution is 1.69. The highest BCUT2D eigenvalue weighted by molar-refractivity contribution is 5.35. The molecule has 0 aromatic heterocycles. The van der Waals surface area contributed by atoms with E-state index in [1.54, 1.807) is 0 Å². The third-order valence-electron chi connectivity index (χ3n) is 0.800. The lowest BCUT2D eigenvalue weighted by atomic mass is 10.3. The number of nitrogen functional groups attached to an aromatic ring is 1. The number of anilines is 1. The molecule has 8 N–H and O–H groups in total. The van der Waals surface area contributed by atoms with E-state index in [1.807, 2.05) is 30.3 Å². The van der Waals surface area contributed by atoms with E-state index in [0.29, 0.717) is 0 Å². The summed E-state index contributed by atoms with van der Waals surface area (Å²) in [4.78, 5) is 0. The minimum atomic E-state index is 0. The van der Waals surface area contributed by atoms with E-state index in [4.69, 9.17) is 5.73 Å². The van der Waals surface area contributed by atoms with Gasteiger partial charge in [0, 0.05) is 5.69 Å². The molecule has 52 valence electrons. The van der Waals surface area contributed by atoms with Crippen LogP contribution in [0.4, 0.5) is 5.69 Å². The Morgan fingerprint density at radius 2 is 1.33 bits per heavy atom. The predicted octanol–water partition coefficient (Wildman–Crippen LogP) is 1.59. The van der Waals surface area contributed by atoms with Gasteiger partial charge in [-0.3, -0.25) is 0 Å². The minimum Gasteiger partial charge on any atom is -0.399 e. The van der Waals surface area contributed by atoms with Crippen LogP contribution in [-0.2, 0) is 0 Å². The molecule has 0 atom stereocenters. The van der Waals surface area contributed by atoms with Crippen LogP contribution in [0.1, 0.15) is 0 Å². The molecule has 3 nitrogen and oxygen atoms in total. The van der Waals surface area contributed by atoms with Crippen LogP contribution >= 0.6 is 0 Å². The first-order chi connectivity index (χ1) is 3.39. The molecule has 0 unspecified atom stereocenters. The van der Waals surface area contributed by atoms with Crippen molar-refractivity contribution in [1.29, 1.82) is 0 Å². The summed E-state index contributed by atoms with van der Waals surface area (Å²) in [5.41, 5.74) is 6.18. The molecule has 1 aromatic carbocycles. The van der Waals surface area contributed by atoms with Crippen molar-refractivity contribution in [1.82, 2.24) is 12.3 Å². The Labute approximate surface area is 55.0 Å². The van der Waals surface area contributed by atoms with Crippen molar-refractivity contribution in [2.24, 2.45) is 0 Å². The zero-order chi connectivity index (χ0) is 5.11. The SMILES string of the molecule is N.N.Nc1ccccc1. The molecule has 0 saturated carbocycles. The maximum absolute atomic E-state index is 5.36. The first kappa shape index (κ1) is 10.8. The first-order valence-electron chi connectivity index (χ1n) is 2.20. The number of hydrogen-bond donors (Lipinski definition) is 3. The molecule has 0 fully saturated rings. The Hall–Kier alpha value is -1.06. The molecule has 0 spiro atoms. The van der Waals surface area contributed by atoms with Gasteiger partial charge in [-0.25, -0.2) is 0 Å². The molecule has 3 heteroatoms. The van der Waals surface area contributed by atoms with Crippen LogP contribution in [0.3, 0.4) is 0 Å². The van der Waals surface area contributed by atoms with Gasteiger partial charge in [0.1, 0.15) is 0 Å². The van der Waals surface area contributed by atoms with Crippen molar-refractivity contribution in [2.45, 2.75) is 0 Å². The van der Waals surface area contributed by atoms with Gasteiger partial charge in [-0.2, -0.15) is 0 Å². The van der Waals surface area contributed by atoms with Crippen LogP contribution < -0.4 is 18.0 Å². The summed E-state index contributed by atoms with van der Waals surface area (Å²) in [6.07, 6.45) is 0. The Balaban J connectivity index is 0. The van der Waals surface area contributed by atoms with Crippen LogP contribution in [0.5, 0.6) is 0 Å². The van der Waals surface area contributed by atoms with E-state index in [-0.39, 0.29) is 12.3 Å². The van der Waals surface area contributed by atoms with E-state index in [0.717, 1.165) is 5.69 Å². The average Bonchev–Trinajstić information content (AvgIpc) is 1.69. The zero-order valence-electron chi connectivity index (χ0n) is 5.38. The fourth-order valence-corrected chi connectivity index (χ4v) is 0.453. The number of rotatable bonds is 0. The number of para-hydroxylation sites is 1. The highest BCUT2D eigenvalue weighted by Gasteiger charge is 1.72. The standard InChI is InChI=1S/C6H7N.2H3N/c7-6-4-2-1-3-5-6;;/h1-5H,7H2;2*1H3. The third-order valence-corrected chi connectivity index (χ3v) is 0.800. The molecular weight excluding hydrogens is 114 g/mol. The van der Waals surface area contributed by atoms with Gasteiger partial charge in [0.05, 0.1) is 0 Å². The topological polar surface area (TPSA) is 96.0 Å². The molecule has 0 saturated heterocycles. The van der Waals surface area contributed by atoms with Crippen LogP contribution in [0, 0.1) is 0 Å². The second-order valence-electron chi connectivity index (χ2n) is 1.41. The van der Waals surface area contributed by atoms with Crippen LogP contribution in [-0.4, -0.2) is 0 Å². The van der Waals surface area contributed by atoms with E-state index >= 15 is 0 Å². The van der Waals surface area contributed by atoms with E-state index in [1.165, 1.54) is 0 Å². The maximum atomic E-state index is 5.36. The van der Waals surface area contributed by atoms with Gasteiger partial charge < -0.3 is 18.0 Å².